The first-order chi connectivity index (χ1) is 18.9. The number of hydrazone groups is 1. The fourth-order valence-corrected chi connectivity index (χ4v) is 5.22. The molecule has 0 radical (unpaired) electrons. The van der Waals surface area contributed by atoms with Crippen molar-refractivity contribution >= 4 is 45.4 Å². The Morgan fingerprint density at radius 1 is 0.872 bits per heavy atom. The van der Waals surface area contributed by atoms with Crippen LogP contribution in [0.4, 0.5) is 17.1 Å². The molecule has 7 heteroatoms. The Hall–Kier alpha value is -4.65. The van der Waals surface area contributed by atoms with Crippen LogP contribution in [0.1, 0.15) is 31.9 Å². The molecular formula is C32H33N5O2. The molecule has 1 atom stereocenters. The lowest BCUT2D eigenvalue weighted by Gasteiger charge is -2.32. The Morgan fingerprint density at radius 3 is 2.15 bits per heavy atom. The molecule has 198 valence electrons. The lowest BCUT2D eigenvalue weighted by Crippen LogP contribution is -2.64. The van der Waals surface area contributed by atoms with Crippen LogP contribution in [0.2, 0.25) is 0 Å². The molecule has 1 aliphatic rings. The van der Waals surface area contributed by atoms with Crippen LogP contribution in [-0.4, -0.2) is 36.3 Å². The van der Waals surface area contributed by atoms with Gasteiger partial charge in [-0.05, 0) is 73.5 Å². The van der Waals surface area contributed by atoms with E-state index >= 15 is 0 Å². The standard InChI is InChI=1S/C32H33N5O2/c1-5-36(6-2)25-19-17-24(18-20-25)34-32(33-23(4)38)30(35-37(31(32)39)26-12-8-7-9-13-26)29-21-16-22(3)27-14-10-11-15-28(27)29/h7-21,34H,5-6H2,1-4H3,(H,33,38). The highest BCUT2D eigenvalue weighted by Crippen LogP contribution is 2.34. The minimum Gasteiger partial charge on any atom is -0.372 e. The minimum atomic E-state index is -1.63. The number of hydrogen-bond donors (Lipinski definition) is 2. The molecule has 4 aromatic carbocycles. The van der Waals surface area contributed by atoms with Gasteiger partial charge in [-0.25, -0.2) is 0 Å². The lowest BCUT2D eigenvalue weighted by molar-refractivity contribution is -0.127. The van der Waals surface area contributed by atoms with E-state index in [0.29, 0.717) is 17.1 Å². The molecule has 2 amide bonds. The van der Waals surface area contributed by atoms with E-state index in [1.165, 1.54) is 11.9 Å². The van der Waals surface area contributed by atoms with E-state index in [9.17, 15) is 9.59 Å². The van der Waals surface area contributed by atoms with Gasteiger partial charge in [-0.15, -0.1) is 0 Å². The first-order valence-corrected chi connectivity index (χ1v) is 13.3. The van der Waals surface area contributed by atoms with Crippen molar-refractivity contribution < 1.29 is 9.59 Å². The van der Waals surface area contributed by atoms with Crippen molar-refractivity contribution in [1.29, 1.82) is 0 Å². The largest absolute Gasteiger partial charge is 0.372 e. The van der Waals surface area contributed by atoms with E-state index in [0.717, 1.165) is 40.7 Å². The summed E-state index contributed by atoms with van der Waals surface area (Å²) in [5, 5.41) is 14.6. The summed E-state index contributed by atoms with van der Waals surface area (Å²) >= 11 is 0. The second-order valence-corrected chi connectivity index (χ2v) is 9.65. The number of anilines is 3. The summed E-state index contributed by atoms with van der Waals surface area (Å²) in [4.78, 5) is 29.3. The Balaban J connectivity index is 1.70. The third kappa shape index (κ3) is 4.72. The van der Waals surface area contributed by atoms with Crippen LogP contribution < -0.4 is 20.5 Å². The van der Waals surface area contributed by atoms with Gasteiger partial charge in [-0.3, -0.25) is 9.59 Å². The quantitative estimate of drug-likeness (QED) is 0.293. The minimum absolute atomic E-state index is 0.352. The van der Waals surface area contributed by atoms with E-state index < -0.39 is 11.6 Å². The van der Waals surface area contributed by atoms with Crippen LogP contribution in [-0.2, 0) is 9.59 Å². The zero-order valence-corrected chi connectivity index (χ0v) is 22.7. The highest BCUT2D eigenvalue weighted by atomic mass is 16.2. The van der Waals surface area contributed by atoms with Gasteiger partial charge < -0.3 is 15.5 Å². The number of benzene rings is 4. The maximum Gasteiger partial charge on any atom is 0.300 e. The zero-order chi connectivity index (χ0) is 27.6. The van der Waals surface area contributed by atoms with Crippen molar-refractivity contribution in [3.8, 4) is 0 Å². The van der Waals surface area contributed by atoms with E-state index in [1.54, 1.807) is 0 Å². The molecule has 1 aliphatic heterocycles. The number of hydrogen-bond acceptors (Lipinski definition) is 5. The molecule has 0 saturated heterocycles. The highest BCUT2D eigenvalue weighted by Gasteiger charge is 2.53. The first kappa shape index (κ1) is 26.0. The molecule has 0 saturated carbocycles. The molecule has 0 aromatic heterocycles. The number of para-hydroxylation sites is 1. The molecule has 0 aliphatic carbocycles. The molecular weight excluding hydrogens is 486 g/mol. The number of rotatable bonds is 8. The van der Waals surface area contributed by atoms with E-state index in [2.05, 4.69) is 42.4 Å². The molecule has 1 heterocycles. The third-order valence-electron chi connectivity index (χ3n) is 7.16. The van der Waals surface area contributed by atoms with Gasteiger partial charge in [-0.2, -0.15) is 10.1 Å². The number of carbonyl (C=O) groups is 2. The summed E-state index contributed by atoms with van der Waals surface area (Å²) in [7, 11) is 0. The average Bonchev–Trinajstić information content (AvgIpc) is 3.22. The number of nitrogens with zero attached hydrogens (tertiary/aromatic N) is 3. The number of nitrogens with one attached hydrogen (secondary N) is 2. The van der Waals surface area contributed by atoms with Crippen molar-refractivity contribution in [3.63, 3.8) is 0 Å². The third-order valence-corrected chi connectivity index (χ3v) is 7.16. The zero-order valence-electron chi connectivity index (χ0n) is 22.7. The van der Waals surface area contributed by atoms with Gasteiger partial charge in [0.05, 0.1) is 5.69 Å². The molecule has 4 aromatic rings. The van der Waals surface area contributed by atoms with Gasteiger partial charge in [0.15, 0.2) is 0 Å². The molecule has 5 rings (SSSR count). The van der Waals surface area contributed by atoms with E-state index in [4.69, 9.17) is 5.10 Å². The van der Waals surface area contributed by atoms with Crippen LogP contribution in [0, 0.1) is 6.92 Å². The summed E-state index contributed by atoms with van der Waals surface area (Å²) < 4.78 is 0. The topological polar surface area (TPSA) is 77.0 Å². The predicted molar refractivity (Wildman–Crippen MR) is 159 cm³/mol. The SMILES string of the molecule is CCN(CC)c1ccc(NC2(NC(C)=O)C(=O)N(c3ccccc3)N=C2c2ccc(C)c3ccccc23)cc1. The Morgan fingerprint density at radius 2 is 1.51 bits per heavy atom. The van der Waals surface area contributed by atoms with Gasteiger partial charge in [-0.1, -0.05) is 54.6 Å². The number of fused-ring (bicyclic) bond motifs is 1. The van der Waals surface area contributed by atoms with Gasteiger partial charge in [0.2, 0.25) is 11.6 Å². The molecule has 2 N–H and O–H groups in total. The Bertz CT molecular complexity index is 1540. The summed E-state index contributed by atoms with van der Waals surface area (Å²) in [5.41, 5.74) is 3.07. The lowest BCUT2D eigenvalue weighted by atomic mass is 9.90. The molecule has 0 bridgehead atoms. The Kier molecular flexibility index (Phi) is 7.07. The predicted octanol–water partition coefficient (Wildman–Crippen LogP) is 5.69. The van der Waals surface area contributed by atoms with Crippen molar-refractivity contribution in [3.05, 3.63) is 102 Å². The summed E-state index contributed by atoms with van der Waals surface area (Å²) in [6, 6.07) is 29.2. The highest BCUT2D eigenvalue weighted by molar-refractivity contribution is 6.33. The molecule has 1 unspecified atom stereocenters. The van der Waals surface area contributed by atoms with Gasteiger partial charge in [0.1, 0.15) is 5.71 Å². The van der Waals surface area contributed by atoms with Crippen LogP contribution in [0.15, 0.2) is 96.1 Å². The second-order valence-electron chi connectivity index (χ2n) is 9.65. The van der Waals surface area contributed by atoms with Crippen LogP contribution >= 0.6 is 0 Å². The first-order valence-electron chi connectivity index (χ1n) is 13.3. The van der Waals surface area contributed by atoms with E-state index in [-0.39, 0.29) is 5.91 Å². The molecule has 0 fully saturated rings. The smallest absolute Gasteiger partial charge is 0.300 e. The summed E-state index contributed by atoms with van der Waals surface area (Å²) in [6.45, 7) is 9.48. The van der Waals surface area contributed by atoms with Gasteiger partial charge in [0.25, 0.3) is 0 Å². The Labute approximate surface area is 229 Å². The van der Waals surface area contributed by atoms with Crippen molar-refractivity contribution in [2.45, 2.75) is 33.4 Å². The van der Waals surface area contributed by atoms with Crippen molar-refractivity contribution in [2.24, 2.45) is 5.10 Å². The maximum atomic E-state index is 14.3. The second kappa shape index (κ2) is 10.6. The van der Waals surface area contributed by atoms with Crippen molar-refractivity contribution in [2.75, 3.05) is 28.3 Å². The van der Waals surface area contributed by atoms with E-state index in [1.807, 2.05) is 84.9 Å². The van der Waals surface area contributed by atoms with Crippen molar-refractivity contribution in [1.82, 2.24) is 5.32 Å². The van der Waals surface area contributed by atoms with Crippen LogP contribution in [0.5, 0.6) is 0 Å². The molecule has 39 heavy (non-hydrogen) atoms. The molecule has 0 spiro atoms. The summed E-state index contributed by atoms with van der Waals surface area (Å²) in [5.74, 6) is -0.744. The summed E-state index contributed by atoms with van der Waals surface area (Å²) in [6.07, 6.45) is 0. The number of carbonyl (C=O) groups excluding carboxylic acids is 2. The number of amides is 2. The van der Waals surface area contributed by atoms with Crippen LogP contribution in [0.25, 0.3) is 10.8 Å². The molecule has 7 nitrogen and oxygen atoms in total. The fourth-order valence-electron chi connectivity index (χ4n) is 5.22. The normalized spacial score (nSPS) is 16.8. The fraction of sp³-hybridized carbons (Fsp3) is 0.219. The maximum absolute atomic E-state index is 14.3. The van der Waals surface area contributed by atoms with Gasteiger partial charge >= 0.3 is 5.91 Å². The van der Waals surface area contributed by atoms with Crippen LogP contribution in [0.3, 0.4) is 0 Å². The van der Waals surface area contributed by atoms with Gasteiger partial charge in [0, 0.05) is 37.0 Å². The average molecular weight is 520 g/mol. The monoisotopic (exact) mass is 519 g/mol. The number of aryl methyl sites for hydroxylation is 1.